The summed E-state index contributed by atoms with van der Waals surface area (Å²) in [6.45, 7) is 4.56. The van der Waals surface area contributed by atoms with Crippen molar-refractivity contribution in [3.8, 4) is 11.6 Å². The standard InChI is InChI=1S/C22H27N7O5S/c1-22(2)10-14(7-8-33-22)18-9-19(34-15-5-6-17(24-11-15)20(30)23-3)27-21(26-18)28-35(31,32)16-12-25-29(4)13-16/h5-6,9,11-14H,7-8,10H2,1-4H3,(H,23,30)(H,26,27,28). The van der Waals surface area contributed by atoms with Gasteiger partial charge in [-0.25, -0.2) is 23.1 Å². The minimum atomic E-state index is -3.97. The summed E-state index contributed by atoms with van der Waals surface area (Å²) in [5.74, 6) is 0.0311. The fourth-order valence-corrected chi connectivity index (χ4v) is 4.70. The van der Waals surface area contributed by atoms with Crippen molar-refractivity contribution in [1.29, 1.82) is 0 Å². The van der Waals surface area contributed by atoms with Gasteiger partial charge in [-0.1, -0.05) is 0 Å². The molecule has 1 aliphatic rings. The van der Waals surface area contributed by atoms with Gasteiger partial charge in [0.15, 0.2) is 0 Å². The molecule has 3 aromatic heterocycles. The van der Waals surface area contributed by atoms with E-state index in [0.29, 0.717) is 24.5 Å². The zero-order valence-electron chi connectivity index (χ0n) is 19.8. The van der Waals surface area contributed by atoms with Crippen LogP contribution in [-0.4, -0.2) is 58.3 Å². The van der Waals surface area contributed by atoms with E-state index in [2.05, 4.69) is 30.1 Å². The Morgan fingerprint density at radius 1 is 1.26 bits per heavy atom. The lowest BCUT2D eigenvalue weighted by Gasteiger charge is -2.35. The molecule has 12 nitrogen and oxygen atoms in total. The van der Waals surface area contributed by atoms with Gasteiger partial charge in [-0.2, -0.15) is 10.1 Å². The summed E-state index contributed by atoms with van der Waals surface area (Å²) < 4.78 is 41.2. The van der Waals surface area contributed by atoms with E-state index in [1.54, 1.807) is 19.2 Å². The highest BCUT2D eigenvalue weighted by molar-refractivity contribution is 7.92. The highest BCUT2D eigenvalue weighted by Crippen LogP contribution is 2.36. The van der Waals surface area contributed by atoms with Gasteiger partial charge >= 0.3 is 0 Å². The van der Waals surface area contributed by atoms with Crippen LogP contribution in [0.1, 0.15) is 48.8 Å². The minimum absolute atomic E-state index is 0.0134. The predicted molar refractivity (Wildman–Crippen MR) is 126 cm³/mol. The molecule has 0 bridgehead atoms. The fraction of sp³-hybridized carbons (Fsp3) is 0.409. The number of carbonyl (C=O) groups excluding carboxylic acids is 1. The molecule has 1 fully saturated rings. The van der Waals surface area contributed by atoms with E-state index in [9.17, 15) is 13.2 Å². The van der Waals surface area contributed by atoms with E-state index in [1.807, 2.05) is 13.8 Å². The molecule has 0 aromatic carbocycles. The maximum atomic E-state index is 12.9. The zero-order valence-corrected chi connectivity index (χ0v) is 20.7. The van der Waals surface area contributed by atoms with Gasteiger partial charge in [0, 0.05) is 38.9 Å². The molecule has 0 spiro atoms. The van der Waals surface area contributed by atoms with Gasteiger partial charge in [0.05, 0.1) is 23.7 Å². The van der Waals surface area contributed by atoms with Crippen LogP contribution in [0.25, 0.3) is 0 Å². The van der Waals surface area contributed by atoms with Crippen LogP contribution in [0.3, 0.4) is 0 Å². The molecule has 4 rings (SSSR count). The summed E-state index contributed by atoms with van der Waals surface area (Å²) in [4.78, 5) is 24.6. The Hall–Kier alpha value is -3.58. The number of aryl methyl sites for hydroxylation is 1. The molecule has 13 heteroatoms. The monoisotopic (exact) mass is 501 g/mol. The smallest absolute Gasteiger partial charge is 0.269 e. The number of sulfonamides is 1. The third-order valence-corrected chi connectivity index (χ3v) is 6.76. The summed E-state index contributed by atoms with van der Waals surface area (Å²) >= 11 is 0. The molecule has 2 N–H and O–H groups in total. The number of hydrogen-bond acceptors (Lipinski definition) is 9. The van der Waals surface area contributed by atoms with Crippen molar-refractivity contribution in [2.24, 2.45) is 7.05 Å². The molecule has 1 saturated heterocycles. The van der Waals surface area contributed by atoms with Gasteiger partial charge in [-0.05, 0) is 38.8 Å². The highest BCUT2D eigenvalue weighted by Gasteiger charge is 2.31. The molecular weight excluding hydrogens is 474 g/mol. The van der Waals surface area contributed by atoms with E-state index >= 15 is 0 Å². The van der Waals surface area contributed by atoms with Crippen molar-refractivity contribution in [2.45, 2.75) is 43.1 Å². The molecule has 1 atom stereocenters. The second-order valence-electron chi connectivity index (χ2n) is 8.77. The van der Waals surface area contributed by atoms with Crippen molar-refractivity contribution in [1.82, 2.24) is 30.0 Å². The molecule has 3 aromatic rings. The lowest BCUT2D eigenvalue weighted by molar-refractivity contribution is -0.0598. The largest absolute Gasteiger partial charge is 0.437 e. The molecule has 0 aliphatic carbocycles. The fourth-order valence-electron chi connectivity index (χ4n) is 3.77. The van der Waals surface area contributed by atoms with Crippen LogP contribution >= 0.6 is 0 Å². The Morgan fingerprint density at radius 3 is 2.69 bits per heavy atom. The number of nitrogens with zero attached hydrogens (tertiary/aromatic N) is 5. The third kappa shape index (κ3) is 5.92. The number of amides is 1. The maximum absolute atomic E-state index is 12.9. The first-order valence-corrected chi connectivity index (χ1v) is 12.4. The molecule has 1 aliphatic heterocycles. The van der Waals surface area contributed by atoms with Gasteiger partial charge in [0.25, 0.3) is 15.9 Å². The molecule has 35 heavy (non-hydrogen) atoms. The van der Waals surface area contributed by atoms with Gasteiger partial charge in [0.2, 0.25) is 11.8 Å². The summed E-state index contributed by atoms with van der Waals surface area (Å²) in [7, 11) is -0.826. The molecule has 1 amide bonds. The SMILES string of the molecule is CNC(=O)c1ccc(Oc2cc(C3CCOC(C)(C)C3)nc(NS(=O)(=O)c3cnn(C)c3)n2)cn1. The van der Waals surface area contributed by atoms with Gasteiger partial charge in [-0.15, -0.1) is 0 Å². The number of nitrogens with one attached hydrogen (secondary N) is 2. The van der Waals surface area contributed by atoms with Crippen LogP contribution in [0.5, 0.6) is 11.6 Å². The first-order valence-electron chi connectivity index (χ1n) is 10.9. The first-order chi connectivity index (χ1) is 16.5. The van der Waals surface area contributed by atoms with Crippen molar-refractivity contribution in [3.63, 3.8) is 0 Å². The van der Waals surface area contributed by atoms with E-state index < -0.39 is 10.0 Å². The number of rotatable bonds is 7. The van der Waals surface area contributed by atoms with Crippen LogP contribution < -0.4 is 14.8 Å². The second kappa shape index (κ2) is 9.58. The molecule has 0 saturated carbocycles. The van der Waals surface area contributed by atoms with Gasteiger partial charge < -0.3 is 14.8 Å². The van der Waals surface area contributed by atoms with E-state index in [4.69, 9.17) is 9.47 Å². The van der Waals surface area contributed by atoms with Crippen LogP contribution in [0, 0.1) is 0 Å². The normalized spacial score (nSPS) is 17.5. The average molecular weight is 502 g/mol. The van der Waals surface area contributed by atoms with E-state index in [-0.39, 0.29) is 39.8 Å². The predicted octanol–water partition coefficient (Wildman–Crippen LogP) is 2.23. The average Bonchev–Trinajstić information content (AvgIpc) is 3.25. The van der Waals surface area contributed by atoms with Crippen molar-refractivity contribution >= 4 is 21.9 Å². The summed E-state index contributed by atoms with van der Waals surface area (Å²) in [6, 6.07) is 4.78. The second-order valence-corrected chi connectivity index (χ2v) is 10.5. The number of pyridine rings is 1. The number of carbonyl (C=O) groups is 1. The third-order valence-electron chi connectivity index (χ3n) is 5.47. The lowest BCUT2D eigenvalue weighted by Crippen LogP contribution is -2.33. The number of ether oxygens (including phenoxy) is 2. The molecule has 186 valence electrons. The minimum Gasteiger partial charge on any atom is -0.437 e. The van der Waals surface area contributed by atoms with Crippen LogP contribution in [-0.2, 0) is 21.8 Å². The van der Waals surface area contributed by atoms with Crippen LogP contribution in [0.2, 0.25) is 0 Å². The van der Waals surface area contributed by atoms with Crippen molar-refractivity contribution < 1.29 is 22.7 Å². The molecule has 1 unspecified atom stereocenters. The van der Waals surface area contributed by atoms with Crippen LogP contribution in [0.4, 0.5) is 5.95 Å². The Kier molecular flexibility index (Phi) is 6.72. The first kappa shape index (κ1) is 24.5. The quantitative estimate of drug-likeness (QED) is 0.497. The Bertz CT molecular complexity index is 1320. The summed E-state index contributed by atoms with van der Waals surface area (Å²) in [5.41, 5.74) is 0.520. The summed E-state index contributed by atoms with van der Waals surface area (Å²) in [5, 5.41) is 6.41. The summed E-state index contributed by atoms with van der Waals surface area (Å²) in [6.07, 6.45) is 5.43. The van der Waals surface area contributed by atoms with Crippen molar-refractivity contribution in [2.75, 3.05) is 18.4 Å². The number of anilines is 1. The number of aromatic nitrogens is 5. The van der Waals surface area contributed by atoms with Gasteiger partial charge in [-0.3, -0.25) is 9.48 Å². The molecule has 0 radical (unpaired) electrons. The van der Waals surface area contributed by atoms with Crippen molar-refractivity contribution in [3.05, 3.63) is 48.2 Å². The van der Waals surface area contributed by atoms with E-state index in [0.717, 1.165) is 6.42 Å². The van der Waals surface area contributed by atoms with E-state index in [1.165, 1.54) is 36.4 Å². The van der Waals surface area contributed by atoms with Crippen LogP contribution in [0.15, 0.2) is 41.7 Å². The highest BCUT2D eigenvalue weighted by atomic mass is 32.2. The Balaban J connectivity index is 1.66. The maximum Gasteiger partial charge on any atom is 0.269 e. The Labute approximate surface area is 203 Å². The van der Waals surface area contributed by atoms with Gasteiger partial charge in [0.1, 0.15) is 16.3 Å². The molecule has 4 heterocycles. The topological polar surface area (TPSA) is 150 Å². The zero-order chi connectivity index (χ0) is 25.2. The Morgan fingerprint density at radius 2 is 2.06 bits per heavy atom. The number of hydrogen-bond donors (Lipinski definition) is 2. The molecular formula is C22H27N7O5S. The lowest BCUT2D eigenvalue weighted by atomic mass is 9.86.